The van der Waals surface area contributed by atoms with Crippen LogP contribution in [0.4, 0.5) is 5.69 Å². The molecule has 0 saturated carbocycles. The molecule has 2 aromatic rings. The van der Waals surface area contributed by atoms with Gasteiger partial charge in [0.1, 0.15) is 0 Å². The van der Waals surface area contributed by atoms with Crippen molar-refractivity contribution in [3.05, 3.63) is 38.4 Å². The average Bonchev–Trinajstić information content (AvgIpc) is 2.88. The average molecular weight is 446 g/mol. The summed E-state index contributed by atoms with van der Waals surface area (Å²) in [6.45, 7) is 8.43. The molecule has 0 saturated heterocycles. The topological polar surface area (TPSA) is 42.0 Å². The molecule has 0 fully saturated rings. The molecule has 2 rings (SSSR count). The van der Waals surface area contributed by atoms with Gasteiger partial charge in [-0.25, -0.2) is 4.98 Å². The summed E-state index contributed by atoms with van der Waals surface area (Å²) in [5, 5.41) is 5.03. The molecule has 3 nitrogen and oxygen atoms in total. The molecule has 0 radical (unpaired) electrons. The molecular weight excluding hydrogens is 427 g/mol. The van der Waals surface area contributed by atoms with E-state index in [9.17, 15) is 4.79 Å². The third kappa shape index (κ3) is 4.96. The molecule has 1 aromatic heterocycles. The van der Waals surface area contributed by atoms with E-state index in [2.05, 4.69) is 65.1 Å². The van der Waals surface area contributed by atoms with Crippen LogP contribution in [0, 0.1) is 10.5 Å². The first-order valence-electron chi connectivity index (χ1n) is 6.90. The fourth-order valence-corrected chi connectivity index (χ4v) is 4.25. The lowest BCUT2D eigenvalue weighted by atomic mass is 9.93. The van der Waals surface area contributed by atoms with Gasteiger partial charge in [-0.1, -0.05) is 32.5 Å². The molecular formula is C16H19IN2OS2. The maximum Gasteiger partial charge on any atom is 0.234 e. The van der Waals surface area contributed by atoms with Gasteiger partial charge in [0.2, 0.25) is 5.91 Å². The summed E-state index contributed by atoms with van der Waals surface area (Å²) < 4.78 is 2.11. The largest absolute Gasteiger partial charge is 0.325 e. The van der Waals surface area contributed by atoms with Crippen LogP contribution in [0.15, 0.2) is 27.9 Å². The molecule has 1 aromatic carbocycles. The summed E-state index contributed by atoms with van der Waals surface area (Å²) in [6, 6.07) is 5.99. The summed E-state index contributed by atoms with van der Waals surface area (Å²) >= 11 is 5.35. The zero-order valence-corrected chi connectivity index (χ0v) is 16.9. The van der Waals surface area contributed by atoms with Crippen molar-refractivity contribution >= 4 is 57.3 Å². The lowest BCUT2D eigenvalue weighted by molar-refractivity contribution is -0.113. The normalized spacial score (nSPS) is 11.5. The molecule has 0 aliphatic rings. The fourth-order valence-electron chi connectivity index (χ4n) is 1.75. The molecule has 0 spiro atoms. The minimum Gasteiger partial charge on any atom is -0.325 e. The first-order valence-corrected chi connectivity index (χ1v) is 9.85. The van der Waals surface area contributed by atoms with Crippen LogP contribution in [-0.4, -0.2) is 16.6 Å². The molecule has 0 aliphatic heterocycles. The van der Waals surface area contributed by atoms with Crippen LogP contribution in [0.25, 0.3) is 0 Å². The summed E-state index contributed by atoms with van der Waals surface area (Å²) in [5.74, 6) is 0.379. The lowest BCUT2D eigenvalue weighted by Crippen LogP contribution is -2.15. The van der Waals surface area contributed by atoms with Crippen molar-refractivity contribution in [3.8, 4) is 0 Å². The molecule has 1 heterocycles. The van der Waals surface area contributed by atoms with E-state index >= 15 is 0 Å². The van der Waals surface area contributed by atoms with E-state index in [0.717, 1.165) is 21.3 Å². The van der Waals surface area contributed by atoms with Gasteiger partial charge in [-0.3, -0.25) is 4.79 Å². The third-order valence-corrected chi connectivity index (χ3v) is 5.73. The van der Waals surface area contributed by atoms with Gasteiger partial charge in [0.15, 0.2) is 4.34 Å². The van der Waals surface area contributed by atoms with Gasteiger partial charge >= 0.3 is 0 Å². The number of aryl methyl sites for hydroxylation is 1. The van der Waals surface area contributed by atoms with Crippen molar-refractivity contribution in [2.24, 2.45) is 0 Å². The Hall–Kier alpha value is -0.600. The number of nitrogens with one attached hydrogen (secondary N) is 1. The Labute approximate surface area is 153 Å². The predicted octanol–water partition coefficient (Wildman–Crippen LogP) is 5.08. The van der Waals surface area contributed by atoms with Gasteiger partial charge in [0.25, 0.3) is 0 Å². The highest BCUT2D eigenvalue weighted by atomic mass is 127. The SMILES string of the molecule is Cc1cc(I)ccc1NC(=O)CSc1nc(C(C)(C)C)cs1. The smallest absolute Gasteiger partial charge is 0.234 e. The first-order chi connectivity index (χ1) is 10.3. The van der Waals surface area contributed by atoms with Crippen LogP contribution in [0.5, 0.6) is 0 Å². The number of carbonyl (C=O) groups is 1. The van der Waals surface area contributed by atoms with Gasteiger partial charge in [-0.15, -0.1) is 11.3 Å². The number of hydrogen-bond donors (Lipinski definition) is 1. The second kappa shape index (κ2) is 7.31. The van der Waals surface area contributed by atoms with Crippen molar-refractivity contribution in [1.29, 1.82) is 0 Å². The maximum atomic E-state index is 12.1. The number of benzene rings is 1. The van der Waals surface area contributed by atoms with Crippen molar-refractivity contribution in [2.75, 3.05) is 11.1 Å². The number of anilines is 1. The van der Waals surface area contributed by atoms with Gasteiger partial charge in [-0.05, 0) is 53.3 Å². The molecule has 0 aliphatic carbocycles. The molecule has 0 unspecified atom stereocenters. The number of hydrogen-bond acceptors (Lipinski definition) is 4. The second-order valence-corrected chi connectivity index (χ2v) is 9.37. The van der Waals surface area contributed by atoms with Crippen molar-refractivity contribution in [1.82, 2.24) is 4.98 Å². The zero-order chi connectivity index (χ0) is 16.3. The number of thioether (sulfide) groups is 1. The van der Waals surface area contributed by atoms with E-state index in [4.69, 9.17) is 0 Å². The molecule has 0 bridgehead atoms. The Morgan fingerprint density at radius 1 is 1.41 bits per heavy atom. The van der Waals surface area contributed by atoms with Crippen LogP contribution < -0.4 is 5.32 Å². The third-order valence-electron chi connectivity index (χ3n) is 3.04. The Bertz CT molecular complexity index is 677. The number of nitrogens with zero attached hydrogens (tertiary/aromatic N) is 1. The van der Waals surface area contributed by atoms with E-state index < -0.39 is 0 Å². The second-order valence-electron chi connectivity index (χ2n) is 6.04. The number of aromatic nitrogens is 1. The van der Waals surface area contributed by atoms with Crippen LogP contribution in [0.2, 0.25) is 0 Å². The van der Waals surface area contributed by atoms with E-state index in [0.29, 0.717) is 5.75 Å². The number of halogens is 1. The monoisotopic (exact) mass is 446 g/mol. The van der Waals surface area contributed by atoms with Gasteiger partial charge in [-0.2, -0.15) is 0 Å². The maximum absolute atomic E-state index is 12.1. The molecule has 6 heteroatoms. The van der Waals surface area contributed by atoms with E-state index in [1.54, 1.807) is 11.3 Å². The fraction of sp³-hybridized carbons (Fsp3) is 0.375. The minimum atomic E-state index is 0.00168. The van der Waals surface area contributed by atoms with Gasteiger partial charge in [0, 0.05) is 20.1 Å². The Morgan fingerprint density at radius 3 is 2.73 bits per heavy atom. The predicted molar refractivity (Wildman–Crippen MR) is 104 cm³/mol. The standard InChI is InChI=1S/C16H19IN2OS2/c1-10-7-11(17)5-6-12(10)18-14(20)9-22-15-19-13(8-21-15)16(2,3)4/h5-8H,9H2,1-4H3,(H,18,20). The molecule has 22 heavy (non-hydrogen) atoms. The summed E-state index contributed by atoms with van der Waals surface area (Å²) in [6.07, 6.45) is 0. The summed E-state index contributed by atoms with van der Waals surface area (Å²) in [5.41, 5.74) is 3.08. The number of rotatable bonds is 4. The number of amides is 1. The zero-order valence-electron chi connectivity index (χ0n) is 13.1. The van der Waals surface area contributed by atoms with E-state index in [-0.39, 0.29) is 11.3 Å². The van der Waals surface area contributed by atoms with Crippen LogP contribution in [-0.2, 0) is 10.2 Å². The highest BCUT2D eigenvalue weighted by molar-refractivity contribution is 14.1. The first kappa shape index (κ1) is 17.7. The van der Waals surface area contributed by atoms with Gasteiger partial charge in [0.05, 0.1) is 11.4 Å². The van der Waals surface area contributed by atoms with Crippen LogP contribution in [0.3, 0.4) is 0 Å². The Balaban J connectivity index is 1.91. The van der Waals surface area contributed by atoms with E-state index in [1.165, 1.54) is 15.3 Å². The van der Waals surface area contributed by atoms with Crippen molar-refractivity contribution in [2.45, 2.75) is 37.4 Å². The van der Waals surface area contributed by atoms with Crippen LogP contribution >= 0.6 is 45.7 Å². The van der Waals surface area contributed by atoms with Crippen molar-refractivity contribution < 1.29 is 4.79 Å². The summed E-state index contributed by atoms with van der Waals surface area (Å²) in [7, 11) is 0. The highest BCUT2D eigenvalue weighted by Gasteiger charge is 2.18. The van der Waals surface area contributed by atoms with Crippen LogP contribution in [0.1, 0.15) is 32.0 Å². The lowest BCUT2D eigenvalue weighted by Gasteiger charge is -2.14. The molecule has 1 amide bonds. The highest BCUT2D eigenvalue weighted by Crippen LogP contribution is 2.29. The number of carbonyl (C=O) groups excluding carboxylic acids is 1. The van der Waals surface area contributed by atoms with E-state index in [1.807, 2.05) is 19.1 Å². The Kier molecular flexibility index (Phi) is 5.90. The quantitative estimate of drug-likeness (QED) is 0.526. The minimum absolute atomic E-state index is 0.00168. The van der Waals surface area contributed by atoms with Gasteiger partial charge < -0.3 is 5.32 Å². The molecule has 118 valence electrons. The molecule has 1 N–H and O–H groups in total. The number of thiazole rings is 1. The summed E-state index contributed by atoms with van der Waals surface area (Å²) in [4.78, 5) is 16.7. The molecule has 0 atom stereocenters. The van der Waals surface area contributed by atoms with Crippen molar-refractivity contribution in [3.63, 3.8) is 0 Å². The Morgan fingerprint density at radius 2 is 2.14 bits per heavy atom.